The summed E-state index contributed by atoms with van der Waals surface area (Å²) in [6.07, 6.45) is 1.35. The number of carboxylic acid groups (broad SMARTS) is 1. The number of hydrogen-bond acceptors (Lipinski definition) is 4. The van der Waals surface area contributed by atoms with Crippen molar-refractivity contribution in [3.05, 3.63) is 50.7 Å². The summed E-state index contributed by atoms with van der Waals surface area (Å²) in [5.41, 5.74) is 0.800. The fourth-order valence-corrected chi connectivity index (χ4v) is 1.95. The molecule has 0 aliphatic heterocycles. The zero-order chi connectivity index (χ0) is 14.0. The molecule has 0 aliphatic carbocycles. The molecule has 0 aliphatic rings. The van der Waals surface area contributed by atoms with Gasteiger partial charge in [0.1, 0.15) is 0 Å². The van der Waals surface area contributed by atoms with E-state index in [4.69, 9.17) is 5.11 Å². The Bertz CT molecular complexity index is 653. The molecule has 0 saturated heterocycles. The van der Waals surface area contributed by atoms with Crippen LogP contribution in [-0.2, 0) is 11.2 Å². The Morgan fingerprint density at radius 1 is 1.53 bits per heavy atom. The van der Waals surface area contributed by atoms with E-state index < -0.39 is 10.9 Å². The molecule has 7 nitrogen and oxygen atoms in total. The Labute approximate surface area is 115 Å². The highest BCUT2D eigenvalue weighted by Crippen LogP contribution is 2.21. The van der Waals surface area contributed by atoms with Crippen LogP contribution in [-0.4, -0.2) is 25.8 Å². The van der Waals surface area contributed by atoms with E-state index in [0.29, 0.717) is 15.9 Å². The van der Waals surface area contributed by atoms with Crippen LogP contribution < -0.4 is 0 Å². The molecule has 1 aromatic heterocycles. The van der Waals surface area contributed by atoms with Crippen LogP contribution in [0.2, 0.25) is 0 Å². The number of benzene rings is 1. The molecular weight excluding hydrogens is 318 g/mol. The van der Waals surface area contributed by atoms with Crippen LogP contribution in [0.25, 0.3) is 5.69 Å². The molecule has 1 N–H and O–H groups in total. The van der Waals surface area contributed by atoms with E-state index in [1.807, 2.05) is 0 Å². The van der Waals surface area contributed by atoms with Crippen LogP contribution in [0.5, 0.6) is 0 Å². The van der Waals surface area contributed by atoms with Crippen LogP contribution in [0, 0.1) is 10.1 Å². The number of hydrogen-bond donors (Lipinski definition) is 1. The lowest BCUT2D eigenvalue weighted by Gasteiger charge is -2.00. The summed E-state index contributed by atoms with van der Waals surface area (Å²) in [4.78, 5) is 20.8. The molecule has 0 unspecified atom stereocenters. The second-order valence-electron chi connectivity index (χ2n) is 3.72. The molecule has 0 radical (unpaired) electrons. The molecule has 1 heterocycles. The highest BCUT2D eigenvalue weighted by molar-refractivity contribution is 9.10. The highest BCUT2D eigenvalue weighted by atomic mass is 79.9. The quantitative estimate of drug-likeness (QED) is 0.686. The summed E-state index contributed by atoms with van der Waals surface area (Å²) in [6, 6.07) is 5.93. The summed E-state index contributed by atoms with van der Waals surface area (Å²) in [7, 11) is 0. The first-order valence-electron chi connectivity index (χ1n) is 5.18. The first-order valence-corrected chi connectivity index (χ1v) is 5.97. The smallest absolute Gasteiger partial charge is 0.309 e. The van der Waals surface area contributed by atoms with Crippen LogP contribution >= 0.6 is 15.9 Å². The van der Waals surface area contributed by atoms with Crippen LogP contribution in [0.3, 0.4) is 0 Å². The van der Waals surface area contributed by atoms with Gasteiger partial charge in [-0.15, -0.1) is 0 Å². The molecule has 2 aromatic rings. The van der Waals surface area contributed by atoms with Crippen molar-refractivity contribution in [3.8, 4) is 5.69 Å². The van der Waals surface area contributed by atoms with Gasteiger partial charge in [0.05, 0.1) is 27.2 Å². The molecule has 19 heavy (non-hydrogen) atoms. The van der Waals surface area contributed by atoms with Gasteiger partial charge in [0.25, 0.3) is 5.69 Å². The minimum absolute atomic E-state index is 0.0519. The molecule has 0 fully saturated rings. The van der Waals surface area contributed by atoms with Gasteiger partial charge in [0, 0.05) is 18.3 Å². The third-order valence-corrected chi connectivity index (χ3v) is 3.03. The van der Waals surface area contributed by atoms with Gasteiger partial charge < -0.3 is 5.11 Å². The van der Waals surface area contributed by atoms with Gasteiger partial charge in [-0.25, -0.2) is 4.68 Å². The van der Waals surface area contributed by atoms with E-state index in [1.165, 1.54) is 16.8 Å². The van der Waals surface area contributed by atoms with Crippen molar-refractivity contribution in [3.63, 3.8) is 0 Å². The molecule has 2 rings (SSSR count). The summed E-state index contributed by atoms with van der Waals surface area (Å²) >= 11 is 3.21. The molecule has 0 spiro atoms. The number of carbonyl (C=O) groups is 1. The molecule has 1 aromatic carbocycles. The molecule has 0 atom stereocenters. The number of aliphatic carboxylic acids is 1. The largest absolute Gasteiger partial charge is 0.481 e. The third kappa shape index (κ3) is 2.97. The Morgan fingerprint density at radius 2 is 2.26 bits per heavy atom. The van der Waals surface area contributed by atoms with Crippen molar-refractivity contribution < 1.29 is 14.8 Å². The Kier molecular flexibility index (Phi) is 3.61. The van der Waals surface area contributed by atoms with Crippen LogP contribution in [0.1, 0.15) is 5.69 Å². The van der Waals surface area contributed by atoms with E-state index in [2.05, 4.69) is 21.0 Å². The number of nitro groups is 1. The lowest BCUT2D eigenvalue weighted by atomic mass is 10.3. The van der Waals surface area contributed by atoms with Crippen LogP contribution in [0.4, 0.5) is 5.69 Å². The predicted molar refractivity (Wildman–Crippen MR) is 69.3 cm³/mol. The second kappa shape index (κ2) is 5.19. The van der Waals surface area contributed by atoms with Gasteiger partial charge in [0.15, 0.2) is 0 Å². The summed E-state index contributed by atoms with van der Waals surface area (Å²) in [6.45, 7) is 0. The normalized spacial score (nSPS) is 10.4. The number of halogens is 1. The Hall–Kier alpha value is -2.22. The minimum Gasteiger partial charge on any atom is -0.481 e. The van der Waals surface area contributed by atoms with E-state index in [0.717, 1.165) is 0 Å². The predicted octanol–water partition coefficient (Wildman–Crippen LogP) is 2.17. The van der Waals surface area contributed by atoms with Gasteiger partial charge in [-0.1, -0.05) is 6.07 Å². The number of nitro benzene ring substituents is 1. The Balaban J connectivity index is 2.39. The molecule has 8 heteroatoms. The molecule has 0 bridgehead atoms. The summed E-state index contributed by atoms with van der Waals surface area (Å²) < 4.78 is 1.94. The standard InChI is InChI=1S/C11H8BrN3O4/c12-9-6-14(13-10(9)5-11(16)17)7-2-1-3-8(4-7)15(18)19/h1-4,6H,5H2,(H,16,17). The first-order chi connectivity index (χ1) is 8.97. The number of non-ortho nitro benzene ring substituents is 1. The second-order valence-corrected chi connectivity index (χ2v) is 4.57. The zero-order valence-electron chi connectivity index (χ0n) is 9.49. The molecular formula is C11H8BrN3O4. The molecule has 0 saturated carbocycles. The zero-order valence-corrected chi connectivity index (χ0v) is 11.1. The number of aromatic nitrogens is 2. The summed E-state index contributed by atoms with van der Waals surface area (Å²) in [5, 5.41) is 23.5. The maximum atomic E-state index is 10.7. The maximum Gasteiger partial charge on any atom is 0.309 e. The van der Waals surface area contributed by atoms with E-state index >= 15 is 0 Å². The van der Waals surface area contributed by atoms with Crippen molar-refractivity contribution in [1.82, 2.24) is 9.78 Å². The molecule has 0 amide bonds. The Morgan fingerprint density at radius 3 is 2.89 bits per heavy atom. The van der Waals surface area contributed by atoms with Gasteiger partial charge in [-0.3, -0.25) is 14.9 Å². The number of nitrogens with zero attached hydrogens (tertiary/aromatic N) is 3. The van der Waals surface area contributed by atoms with E-state index in [9.17, 15) is 14.9 Å². The fourth-order valence-electron chi connectivity index (χ4n) is 1.53. The lowest BCUT2D eigenvalue weighted by molar-refractivity contribution is -0.384. The average Bonchev–Trinajstić information content (AvgIpc) is 2.70. The molecule has 98 valence electrons. The van der Waals surface area contributed by atoms with Crippen molar-refractivity contribution >= 4 is 27.6 Å². The first kappa shape index (κ1) is 13.2. The van der Waals surface area contributed by atoms with E-state index in [1.54, 1.807) is 18.3 Å². The highest BCUT2D eigenvalue weighted by Gasteiger charge is 2.13. The van der Waals surface area contributed by atoms with Crippen molar-refractivity contribution in [2.24, 2.45) is 0 Å². The summed E-state index contributed by atoms with van der Waals surface area (Å²) in [5.74, 6) is -0.995. The van der Waals surface area contributed by atoms with Gasteiger partial charge in [0.2, 0.25) is 0 Å². The monoisotopic (exact) mass is 325 g/mol. The van der Waals surface area contributed by atoms with Crippen molar-refractivity contribution in [2.45, 2.75) is 6.42 Å². The van der Waals surface area contributed by atoms with Gasteiger partial charge >= 0.3 is 5.97 Å². The lowest BCUT2D eigenvalue weighted by Crippen LogP contribution is -2.03. The third-order valence-electron chi connectivity index (χ3n) is 2.36. The number of rotatable bonds is 4. The minimum atomic E-state index is -0.995. The van der Waals surface area contributed by atoms with Crippen LogP contribution in [0.15, 0.2) is 34.9 Å². The van der Waals surface area contributed by atoms with E-state index in [-0.39, 0.29) is 12.1 Å². The maximum absolute atomic E-state index is 10.7. The van der Waals surface area contributed by atoms with Gasteiger partial charge in [-0.05, 0) is 22.0 Å². The van der Waals surface area contributed by atoms with Crippen molar-refractivity contribution in [1.29, 1.82) is 0 Å². The van der Waals surface area contributed by atoms with Crippen molar-refractivity contribution in [2.75, 3.05) is 0 Å². The number of carboxylic acids is 1. The SMILES string of the molecule is O=C(O)Cc1nn(-c2cccc([N+](=O)[O-])c2)cc1Br. The van der Waals surface area contributed by atoms with Gasteiger partial charge in [-0.2, -0.15) is 5.10 Å². The fraction of sp³-hybridized carbons (Fsp3) is 0.0909. The average molecular weight is 326 g/mol. The topological polar surface area (TPSA) is 98.3 Å².